The van der Waals surface area contributed by atoms with Gasteiger partial charge in [-0.1, -0.05) is 47.0 Å². The SMILES string of the molecule is CCCCC(CC)COCC(CN(CC)CC)O[Si](C)(C)C. The quantitative estimate of drug-likeness (QED) is 0.428. The van der Waals surface area contributed by atoms with E-state index in [1.165, 1.54) is 25.7 Å². The number of unbranched alkanes of at least 4 members (excludes halogenated alkanes) is 1. The van der Waals surface area contributed by atoms with Crippen LogP contribution in [0.5, 0.6) is 0 Å². The summed E-state index contributed by atoms with van der Waals surface area (Å²) in [5.41, 5.74) is 0. The molecule has 0 aromatic rings. The first-order valence-electron chi connectivity index (χ1n) is 9.34. The maximum Gasteiger partial charge on any atom is 0.184 e. The van der Waals surface area contributed by atoms with Gasteiger partial charge in [-0.15, -0.1) is 0 Å². The summed E-state index contributed by atoms with van der Waals surface area (Å²) in [5, 5.41) is 0. The summed E-state index contributed by atoms with van der Waals surface area (Å²) in [6.45, 7) is 20.5. The summed E-state index contributed by atoms with van der Waals surface area (Å²) in [7, 11) is -1.53. The van der Waals surface area contributed by atoms with Crippen molar-refractivity contribution in [3.8, 4) is 0 Å². The van der Waals surface area contributed by atoms with E-state index in [4.69, 9.17) is 9.16 Å². The molecule has 22 heavy (non-hydrogen) atoms. The van der Waals surface area contributed by atoms with Crippen molar-refractivity contribution in [2.75, 3.05) is 32.8 Å². The lowest BCUT2D eigenvalue weighted by Crippen LogP contribution is -2.42. The van der Waals surface area contributed by atoms with Gasteiger partial charge in [-0.3, -0.25) is 0 Å². The van der Waals surface area contributed by atoms with E-state index in [9.17, 15) is 0 Å². The molecule has 134 valence electrons. The zero-order valence-electron chi connectivity index (χ0n) is 16.3. The van der Waals surface area contributed by atoms with Crippen molar-refractivity contribution in [3.05, 3.63) is 0 Å². The molecule has 2 atom stereocenters. The number of ether oxygens (including phenoxy) is 1. The van der Waals surface area contributed by atoms with Crippen LogP contribution in [0.1, 0.15) is 53.4 Å². The van der Waals surface area contributed by atoms with Gasteiger partial charge in [0.2, 0.25) is 0 Å². The minimum Gasteiger partial charge on any atom is -0.411 e. The van der Waals surface area contributed by atoms with Gasteiger partial charge in [0.05, 0.1) is 12.7 Å². The first kappa shape index (κ1) is 22.1. The molecule has 0 spiro atoms. The maximum absolute atomic E-state index is 6.34. The summed E-state index contributed by atoms with van der Waals surface area (Å²) in [4.78, 5) is 2.43. The van der Waals surface area contributed by atoms with Crippen LogP contribution in [0.3, 0.4) is 0 Å². The molecule has 0 fully saturated rings. The summed E-state index contributed by atoms with van der Waals surface area (Å²) >= 11 is 0. The summed E-state index contributed by atoms with van der Waals surface area (Å²) in [6, 6.07) is 0. The van der Waals surface area contributed by atoms with Gasteiger partial charge < -0.3 is 14.1 Å². The largest absolute Gasteiger partial charge is 0.411 e. The molecule has 0 bridgehead atoms. The lowest BCUT2D eigenvalue weighted by molar-refractivity contribution is 0.0125. The topological polar surface area (TPSA) is 21.7 Å². The zero-order valence-corrected chi connectivity index (χ0v) is 17.3. The maximum atomic E-state index is 6.34. The molecule has 4 heteroatoms. The minimum absolute atomic E-state index is 0.218. The van der Waals surface area contributed by atoms with E-state index in [-0.39, 0.29) is 6.10 Å². The monoisotopic (exact) mass is 331 g/mol. The van der Waals surface area contributed by atoms with Crippen LogP contribution in [-0.4, -0.2) is 52.2 Å². The van der Waals surface area contributed by atoms with Crippen molar-refractivity contribution in [3.63, 3.8) is 0 Å². The van der Waals surface area contributed by atoms with Crippen LogP contribution < -0.4 is 0 Å². The van der Waals surface area contributed by atoms with Crippen molar-refractivity contribution < 1.29 is 9.16 Å². The third-order valence-electron chi connectivity index (χ3n) is 4.08. The Morgan fingerprint density at radius 3 is 2.05 bits per heavy atom. The fraction of sp³-hybridized carbons (Fsp3) is 1.00. The molecule has 0 saturated heterocycles. The third-order valence-corrected chi connectivity index (χ3v) is 5.12. The average molecular weight is 332 g/mol. The van der Waals surface area contributed by atoms with Gasteiger partial charge in [-0.05, 0) is 45.1 Å². The molecule has 0 N–H and O–H groups in total. The van der Waals surface area contributed by atoms with Crippen molar-refractivity contribution in [1.82, 2.24) is 4.90 Å². The van der Waals surface area contributed by atoms with Gasteiger partial charge in [0, 0.05) is 13.2 Å². The van der Waals surface area contributed by atoms with Gasteiger partial charge >= 0.3 is 0 Å². The van der Waals surface area contributed by atoms with Crippen LogP contribution in [0.4, 0.5) is 0 Å². The molecule has 3 nitrogen and oxygen atoms in total. The van der Waals surface area contributed by atoms with Crippen LogP contribution in [0, 0.1) is 5.92 Å². The second kappa shape index (κ2) is 12.5. The molecule has 0 aliphatic heterocycles. The predicted molar refractivity (Wildman–Crippen MR) is 100 cm³/mol. The Bertz CT molecular complexity index is 252. The van der Waals surface area contributed by atoms with Crippen LogP contribution in [0.25, 0.3) is 0 Å². The van der Waals surface area contributed by atoms with Gasteiger partial charge in [0.15, 0.2) is 8.32 Å². The minimum atomic E-state index is -1.53. The molecule has 0 amide bonds. The second-order valence-corrected chi connectivity index (χ2v) is 11.8. The highest BCUT2D eigenvalue weighted by molar-refractivity contribution is 6.69. The van der Waals surface area contributed by atoms with Crippen LogP contribution in [-0.2, 0) is 9.16 Å². The molecule has 0 aromatic heterocycles. The Balaban J connectivity index is 4.32. The number of hydrogen-bond donors (Lipinski definition) is 0. The lowest BCUT2D eigenvalue weighted by atomic mass is 10.0. The molecular formula is C18H41NO2Si. The summed E-state index contributed by atoms with van der Waals surface area (Å²) < 4.78 is 12.4. The van der Waals surface area contributed by atoms with Crippen molar-refractivity contribution in [1.29, 1.82) is 0 Å². The molecule has 0 heterocycles. The lowest BCUT2D eigenvalue weighted by Gasteiger charge is -2.31. The van der Waals surface area contributed by atoms with E-state index >= 15 is 0 Å². The highest BCUT2D eigenvalue weighted by Gasteiger charge is 2.23. The summed E-state index contributed by atoms with van der Waals surface area (Å²) in [6.07, 6.45) is 5.32. The summed E-state index contributed by atoms with van der Waals surface area (Å²) in [5.74, 6) is 0.709. The zero-order chi connectivity index (χ0) is 17.0. The van der Waals surface area contributed by atoms with Gasteiger partial charge in [0.1, 0.15) is 0 Å². The van der Waals surface area contributed by atoms with Crippen LogP contribution in [0.2, 0.25) is 19.6 Å². The first-order chi connectivity index (χ1) is 10.4. The Morgan fingerprint density at radius 2 is 1.59 bits per heavy atom. The number of rotatable bonds is 14. The Kier molecular flexibility index (Phi) is 12.6. The molecule has 0 radical (unpaired) electrons. The van der Waals surface area contributed by atoms with Crippen molar-refractivity contribution >= 4 is 8.32 Å². The second-order valence-electron chi connectivity index (χ2n) is 7.29. The number of hydrogen-bond acceptors (Lipinski definition) is 3. The molecule has 0 aliphatic carbocycles. The van der Waals surface area contributed by atoms with Crippen molar-refractivity contribution in [2.24, 2.45) is 5.92 Å². The number of nitrogens with zero attached hydrogens (tertiary/aromatic N) is 1. The predicted octanol–water partition coefficient (Wildman–Crippen LogP) is 4.78. The molecule has 0 aromatic carbocycles. The van der Waals surface area contributed by atoms with E-state index in [1.807, 2.05) is 0 Å². The fourth-order valence-electron chi connectivity index (χ4n) is 2.66. The van der Waals surface area contributed by atoms with E-state index < -0.39 is 8.32 Å². The van der Waals surface area contributed by atoms with E-state index in [0.717, 1.165) is 32.8 Å². The Hall–Kier alpha value is 0.0969. The molecular weight excluding hydrogens is 290 g/mol. The van der Waals surface area contributed by atoms with E-state index in [2.05, 4.69) is 52.2 Å². The normalized spacial score (nSPS) is 15.3. The molecule has 0 saturated carbocycles. The fourth-order valence-corrected chi connectivity index (χ4v) is 3.80. The van der Waals surface area contributed by atoms with Crippen LogP contribution >= 0.6 is 0 Å². The Morgan fingerprint density at radius 1 is 0.955 bits per heavy atom. The highest BCUT2D eigenvalue weighted by Crippen LogP contribution is 2.14. The van der Waals surface area contributed by atoms with E-state index in [0.29, 0.717) is 5.92 Å². The molecule has 2 unspecified atom stereocenters. The van der Waals surface area contributed by atoms with Crippen LogP contribution in [0.15, 0.2) is 0 Å². The smallest absolute Gasteiger partial charge is 0.184 e. The van der Waals surface area contributed by atoms with Gasteiger partial charge in [-0.25, -0.2) is 0 Å². The molecule has 0 aliphatic rings. The highest BCUT2D eigenvalue weighted by atomic mass is 28.4. The third kappa shape index (κ3) is 11.6. The van der Waals surface area contributed by atoms with Gasteiger partial charge in [-0.2, -0.15) is 0 Å². The molecule has 0 rings (SSSR count). The standard InChI is InChI=1S/C18H41NO2Si/c1-8-12-13-17(9-2)15-20-16-18(21-22(5,6)7)14-19(10-3)11-4/h17-18H,8-16H2,1-7H3. The van der Waals surface area contributed by atoms with Gasteiger partial charge in [0.25, 0.3) is 0 Å². The van der Waals surface area contributed by atoms with E-state index in [1.54, 1.807) is 0 Å². The van der Waals surface area contributed by atoms with Crippen molar-refractivity contribution in [2.45, 2.75) is 79.1 Å². The average Bonchev–Trinajstić information content (AvgIpc) is 2.46. The first-order valence-corrected chi connectivity index (χ1v) is 12.7. The number of likely N-dealkylation sites (N-methyl/N-ethyl adjacent to an activating group) is 1. The Labute approximate surface area is 140 Å².